The molecule has 0 heterocycles. The van der Waals surface area contributed by atoms with Crippen molar-refractivity contribution in [3.63, 3.8) is 0 Å². The zero-order valence-corrected chi connectivity index (χ0v) is 13.2. The predicted octanol–water partition coefficient (Wildman–Crippen LogP) is 5.16. The number of hydrogen-bond donors (Lipinski definition) is 1. The minimum Gasteiger partial charge on any atom is -0.507 e. The Morgan fingerprint density at radius 2 is 1.13 bits per heavy atom. The van der Waals surface area contributed by atoms with Crippen LogP contribution in [0.15, 0.2) is 60.7 Å². The molecule has 2 nitrogen and oxygen atoms in total. The van der Waals surface area contributed by atoms with Crippen LogP contribution in [0.4, 0.5) is 0 Å². The Hall–Kier alpha value is -2.87. The number of carbonyl (C=O) groups is 1. The lowest BCUT2D eigenvalue weighted by Gasteiger charge is -2.12. The average Bonchev–Trinajstić information content (AvgIpc) is 2.56. The molecule has 3 aromatic carbocycles. The Bertz CT molecular complexity index is 844. The summed E-state index contributed by atoms with van der Waals surface area (Å²) in [4.78, 5) is 11.6. The van der Waals surface area contributed by atoms with Crippen LogP contribution in [-0.2, 0) is 0 Å². The van der Waals surface area contributed by atoms with E-state index in [0.29, 0.717) is 11.1 Å². The summed E-state index contributed by atoms with van der Waals surface area (Å²) in [5.41, 5.74) is 5.86. The number of aldehydes is 1. The maximum atomic E-state index is 11.6. The molecule has 114 valence electrons. The quantitative estimate of drug-likeness (QED) is 0.679. The number of carbonyl (C=O) groups excluding carboxylic acids is 1. The molecule has 0 atom stereocenters. The first-order valence-electron chi connectivity index (χ1n) is 7.55. The molecule has 23 heavy (non-hydrogen) atoms. The highest BCUT2D eigenvalue weighted by Gasteiger charge is 2.14. The van der Waals surface area contributed by atoms with Gasteiger partial charge in [-0.3, -0.25) is 4.79 Å². The topological polar surface area (TPSA) is 37.3 Å². The average molecular weight is 302 g/mol. The first-order chi connectivity index (χ1) is 11.1. The molecular formula is C21H18O2. The summed E-state index contributed by atoms with van der Waals surface area (Å²) in [6.07, 6.45) is 0.724. The van der Waals surface area contributed by atoms with E-state index >= 15 is 0 Å². The lowest BCUT2D eigenvalue weighted by Crippen LogP contribution is -1.92. The van der Waals surface area contributed by atoms with Crippen LogP contribution < -0.4 is 0 Å². The Labute approximate surface area is 136 Å². The molecule has 0 aromatic heterocycles. The summed E-state index contributed by atoms with van der Waals surface area (Å²) in [6.45, 7) is 4.03. The maximum Gasteiger partial charge on any atom is 0.154 e. The van der Waals surface area contributed by atoms with E-state index in [2.05, 4.69) is 0 Å². The fourth-order valence-corrected chi connectivity index (χ4v) is 2.68. The minimum atomic E-state index is 0.0296. The summed E-state index contributed by atoms with van der Waals surface area (Å²) in [7, 11) is 0. The predicted molar refractivity (Wildman–Crippen MR) is 93.8 cm³/mol. The van der Waals surface area contributed by atoms with Gasteiger partial charge in [-0.15, -0.1) is 0 Å². The van der Waals surface area contributed by atoms with E-state index in [1.165, 1.54) is 0 Å². The van der Waals surface area contributed by atoms with E-state index in [-0.39, 0.29) is 5.75 Å². The number of aromatic hydroxyl groups is 1. The first kappa shape index (κ1) is 15.0. The molecule has 0 saturated heterocycles. The molecule has 0 amide bonds. The van der Waals surface area contributed by atoms with E-state index in [1.54, 1.807) is 0 Å². The van der Waals surface area contributed by atoms with Gasteiger partial charge in [-0.05, 0) is 36.6 Å². The highest BCUT2D eigenvalue weighted by atomic mass is 16.3. The van der Waals surface area contributed by atoms with Crippen molar-refractivity contribution in [1.82, 2.24) is 0 Å². The smallest absolute Gasteiger partial charge is 0.154 e. The summed E-state index contributed by atoms with van der Waals surface area (Å²) < 4.78 is 0. The molecule has 1 N–H and O–H groups in total. The highest BCUT2D eigenvalue weighted by molar-refractivity contribution is 5.95. The van der Waals surface area contributed by atoms with Crippen molar-refractivity contribution in [1.29, 1.82) is 0 Å². The number of aryl methyl sites for hydroxylation is 2. The number of benzene rings is 3. The van der Waals surface area contributed by atoms with Crippen LogP contribution in [0.25, 0.3) is 22.3 Å². The lowest BCUT2D eigenvalue weighted by atomic mass is 9.93. The van der Waals surface area contributed by atoms with Crippen LogP contribution in [0.5, 0.6) is 5.75 Å². The van der Waals surface area contributed by atoms with Crippen LogP contribution in [0.1, 0.15) is 21.5 Å². The highest BCUT2D eigenvalue weighted by Crippen LogP contribution is 2.37. The first-order valence-corrected chi connectivity index (χ1v) is 7.55. The minimum absolute atomic E-state index is 0.0296. The third kappa shape index (κ3) is 2.88. The second-order valence-corrected chi connectivity index (χ2v) is 5.77. The molecule has 0 spiro atoms. The van der Waals surface area contributed by atoms with Gasteiger partial charge < -0.3 is 5.11 Å². The molecule has 0 radical (unpaired) electrons. The summed E-state index contributed by atoms with van der Waals surface area (Å²) in [5, 5.41) is 10.6. The van der Waals surface area contributed by atoms with Gasteiger partial charge >= 0.3 is 0 Å². The third-order valence-corrected chi connectivity index (χ3v) is 4.06. The van der Waals surface area contributed by atoms with Gasteiger partial charge in [-0.2, -0.15) is 0 Å². The normalized spacial score (nSPS) is 10.5. The van der Waals surface area contributed by atoms with Gasteiger partial charge in [0.25, 0.3) is 0 Å². The van der Waals surface area contributed by atoms with Gasteiger partial charge in [-0.25, -0.2) is 0 Å². The second-order valence-electron chi connectivity index (χ2n) is 5.77. The molecule has 0 aliphatic rings. The van der Waals surface area contributed by atoms with E-state index in [9.17, 15) is 9.90 Å². The molecule has 0 bridgehead atoms. The number of phenols is 1. The number of phenolic OH excluding ortho intramolecular Hbond substituents is 1. The molecule has 0 aliphatic carbocycles. The fourth-order valence-electron chi connectivity index (χ4n) is 2.68. The fraction of sp³-hybridized carbons (Fsp3) is 0.0952. The van der Waals surface area contributed by atoms with Gasteiger partial charge in [0.05, 0.1) is 5.56 Å². The summed E-state index contributed by atoms with van der Waals surface area (Å²) in [6, 6.07) is 19.5. The molecule has 0 aliphatic heterocycles. The largest absolute Gasteiger partial charge is 0.507 e. The van der Waals surface area contributed by atoms with Gasteiger partial charge in [0.2, 0.25) is 0 Å². The summed E-state index contributed by atoms with van der Waals surface area (Å²) >= 11 is 0. The molecule has 3 aromatic rings. The van der Waals surface area contributed by atoms with Crippen molar-refractivity contribution in [3.05, 3.63) is 77.4 Å². The Morgan fingerprint density at radius 3 is 1.61 bits per heavy atom. The van der Waals surface area contributed by atoms with Crippen molar-refractivity contribution < 1.29 is 9.90 Å². The van der Waals surface area contributed by atoms with Crippen molar-refractivity contribution in [3.8, 4) is 28.0 Å². The number of rotatable bonds is 3. The standard InChI is InChI=1S/C21H18O2/c1-14-3-7-16(8-4-14)18-11-12-19(21(23)20(18)13-22)17-9-5-15(2)6-10-17/h3-13,23H,1-2H3. The molecular weight excluding hydrogens is 284 g/mol. The molecule has 0 saturated carbocycles. The van der Waals surface area contributed by atoms with Crippen molar-refractivity contribution in [2.45, 2.75) is 13.8 Å². The second kappa shape index (κ2) is 6.09. The van der Waals surface area contributed by atoms with Crippen LogP contribution in [0.3, 0.4) is 0 Å². The maximum absolute atomic E-state index is 11.6. The van der Waals surface area contributed by atoms with Gasteiger partial charge in [0.1, 0.15) is 5.75 Å². The monoisotopic (exact) mass is 302 g/mol. The van der Waals surface area contributed by atoms with Crippen LogP contribution in [0, 0.1) is 13.8 Å². The zero-order chi connectivity index (χ0) is 16.4. The van der Waals surface area contributed by atoms with Gasteiger partial charge in [0, 0.05) is 5.56 Å². The van der Waals surface area contributed by atoms with E-state index in [0.717, 1.165) is 34.1 Å². The number of hydrogen-bond acceptors (Lipinski definition) is 2. The van der Waals surface area contributed by atoms with Crippen molar-refractivity contribution >= 4 is 6.29 Å². The summed E-state index contributed by atoms with van der Waals surface area (Å²) in [5.74, 6) is 0.0296. The van der Waals surface area contributed by atoms with Crippen LogP contribution in [0.2, 0.25) is 0 Å². The molecule has 3 rings (SSSR count). The van der Waals surface area contributed by atoms with E-state index in [4.69, 9.17) is 0 Å². The zero-order valence-electron chi connectivity index (χ0n) is 13.2. The SMILES string of the molecule is Cc1ccc(-c2ccc(-c3ccc(C)cc3)c(C=O)c2O)cc1. The Kier molecular flexibility index (Phi) is 3.98. The van der Waals surface area contributed by atoms with E-state index < -0.39 is 0 Å². The molecule has 2 heteroatoms. The molecule has 0 unspecified atom stereocenters. The van der Waals surface area contributed by atoms with Crippen LogP contribution >= 0.6 is 0 Å². The van der Waals surface area contributed by atoms with Crippen molar-refractivity contribution in [2.75, 3.05) is 0 Å². The van der Waals surface area contributed by atoms with Gasteiger partial charge in [-0.1, -0.05) is 65.7 Å². The van der Waals surface area contributed by atoms with E-state index in [1.807, 2.05) is 74.5 Å². The van der Waals surface area contributed by atoms with Gasteiger partial charge in [0.15, 0.2) is 6.29 Å². The Morgan fingerprint density at radius 1 is 0.696 bits per heavy atom. The van der Waals surface area contributed by atoms with Crippen molar-refractivity contribution in [2.24, 2.45) is 0 Å². The third-order valence-electron chi connectivity index (χ3n) is 4.06. The Balaban J connectivity index is 2.14. The van der Waals surface area contributed by atoms with Crippen LogP contribution in [-0.4, -0.2) is 11.4 Å². The lowest BCUT2D eigenvalue weighted by molar-refractivity contribution is 0.112. The molecule has 0 fully saturated rings.